The summed E-state index contributed by atoms with van der Waals surface area (Å²) in [4.78, 5) is 29.2. The van der Waals surface area contributed by atoms with Crippen LogP contribution in [0, 0.1) is 13.8 Å². The van der Waals surface area contributed by atoms with Crippen molar-refractivity contribution in [1.82, 2.24) is 10.2 Å². The number of carbonyl (C=O) groups excluding carboxylic acids is 2. The van der Waals surface area contributed by atoms with Crippen molar-refractivity contribution in [3.05, 3.63) is 95.1 Å². The fourth-order valence-electron chi connectivity index (χ4n) is 5.07. The maximum Gasteiger partial charge on any atom is 0.261 e. The van der Waals surface area contributed by atoms with E-state index in [0.717, 1.165) is 47.9 Å². The zero-order valence-electron chi connectivity index (χ0n) is 22.6. The summed E-state index contributed by atoms with van der Waals surface area (Å²) < 4.78 is 11.4. The quantitative estimate of drug-likeness (QED) is 0.373. The Kier molecular flexibility index (Phi) is 9.41. The highest BCUT2D eigenvalue weighted by Crippen LogP contribution is 2.22. The maximum atomic E-state index is 13.8. The fraction of sp³-hybridized carbons (Fsp3) is 0.375. The average Bonchev–Trinajstić information content (AvgIpc) is 3.43. The van der Waals surface area contributed by atoms with Crippen LogP contribution in [0.5, 0.6) is 11.5 Å². The molecule has 3 aromatic carbocycles. The Morgan fingerprint density at radius 3 is 2.39 bits per heavy atom. The number of aryl methyl sites for hydroxylation is 2. The largest absolute Gasteiger partial charge is 0.497 e. The molecule has 6 heteroatoms. The summed E-state index contributed by atoms with van der Waals surface area (Å²) in [5.74, 6) is 1.01. The molecule has 0 unspecified atom stereocenters. The van der Waals surface area contributed by atoms with Crippen LogP contribution in [0.25, 0.3) is 0 Å². The molecule has 0 radical (unpaired) electrons. The van der Waals surface area contributed by atoms with Crippen LogP contribution < -0.4 is 14.8 Å². The standard InChI is InChI=1S/C32H38N2O4/c1-23-16-17-30(24(2)18-23)38-22-31(35)34(21-26-12-9-15-28(19-26)37-3)29(20-25-10-5-4-6-11-25)32(36)33-27-13-7-8-14-27/h4-6,9-12,15-19,27,29H,7-8,13-14,20-22H2,1-3H3,(H,33,36)/t29-/m0/s1. The molecule has 0 aliphatic heterocycles. The second-order valence-electron chi connectivity index (χ2n) is 10.1. The number of nitrogens with zero attached hydrogens (tertiary/aromatic N) is 1. The number of benzene rings is 3. The molecule has 0 saturated heterocycles. The van der Waals surface area contributed by atoms with E-state index in [9.17, 15) is 9.59 Å². The number of hydrogen-bond acceptors (Lipinski definition) is 4. The van der Waals surface area contributed by atoms with Crippen LogP contribution in [0.1, 0.15) is 47.9 Å². The van der Waals surface area contributed by atoms with Gasteiger partial charge in [0.15, 0.2) is 6.61 Å². The van der Waals surface area contributed by atoms with Crippen molar-refractivity contribution in [3.8, 4) is 11.5 Å². The topological polar surface area (TPSA) is 67.9 Å². The van der Waals surface area contributed by atoms with Crippen molar-refractivity contribution in [3.63, 3.8) is 0 Å². The third-order valence-electron chi connectivity index (χ3n) is 7.14. The number of hydrogen-bond donors (Lipinski definition) is 1. The van der Waals surface area contributed by atoms with E-state index in [0.29, 0.717) is 17.9 Å². The van der Waals surface area contributed by atoms with Gasteiger partial charge in [-0.15, -0.1) is 0 Å². The lowest BCUT2D eigenvalue weighted by molar-refractivity contribution is -0.143. The number of nitrogens with one attached hydrogen (secondary N) is 1. The highest BCUT2D eigenvalue weighted by atomic mass is 16.5. The summed E-state index contributed by atoms with van der Waals surface area (Å²) in [5, 5.41) is 3.23. The first kappa shape index (κ1) is 27.2. The van der Waals surface area contributed by atoms with Crippen molar-refractivity contribution in [2.45, 2.75) is 64.6 Å². The van der Waals surface area contributed by atoms with Gasteiger partial charge in [-0.1, -0.05) is 73.0 Å². The van der Waals surface area contributed by atoms with Gasteiger partial charge in [-0.3, -0.25) is 9.59 Å². The molecular weight excluding hydrogens is 476 g/mol. The van der Waals surface area contributed by atoms with Crippen LogP contribution in [0.4, 0.5) is 0 Å². The van der Waals surface area contributed by atoms with Crippen LogP contribution in [0.2, 0.25) is 0 Å². The number of carbonyl (C=O) groups is 2. The first-order valence-corrected chi connectivity index (χ1v) is 13.4. The molecule has 1 atom stereocenters. The van der Waals surface area contributed by atoms with Crippen LogP contribution in [-0.4, -0.2) is 42.5 Å². The minimum absolute atomic E-state index is 0.122. The van der Waals surface area contributed by atoms with Gasteiger partial charge in [0.05, 0.1) is 7.11 Å². The molecule has 1 N–H and O–H groups in total. The Labute approximate surface area is 226 Å². The molecule has 4 rings (SSSR count). The van der Waals surface area contributed by atoms with Gasteiger partial charge in [0.1, 0.15) is 17.5 Å². The Balaban J connectivity index is 1.63. The smallest absolute Gasteiger partial charge is 0.261 e. The second kappa shape index (κ2) is 13.1. The molecule has 0 aromatic heterocycles. The van der Waals surface area contributed by atoms with E-state index >= 15 is 0 Å². The Hall–Kier alpha value is -3.80. The molecule has 0 bridgehead atoms. The number of ether oxygens (including phenoxy) is 2. The summed E-state index contributed by atoms with van der Waals surface area (Å²) in [5.41, 5.74) is 3.98. The lowest BCUT2D eigenvalue weighted by atomic mass is 10.0. The molecule has 6 nitrogen and oxygen atoms in total. The molecule has 0 heterocycles. The predicted octanol–water partition coefficient (Wildman–Crippen LogP) is 5.39. The highest BCUT2D eigenvalue weighted by molar-refractivity contribution is 5.88. The van der Waals surface area contributed by atoms with Gasteiger partial charge in [-0.05, 0) is 61.6 Å². The maximum absolute atomic E-state index is 13.8. The molecule has 3 aromatic rings. The van der Waals surface area contributed by atoms with E-state index in [2.05, 4.69) is 5.32 Å². The van der Waals surface area contributed by atoms with E-state index in [-0.39, 0.29) is 31.0 Å². The van der Waals surface area contributed by atoms with E-state index < -0.39 is 6.04 Å². The molecule has 1 fully saturated rings. The molecule has 38 heavy (non-hydrogen) atoms. The molecular formula is C32H38N2O4. The first-order valence-electron chi connectivity index (χ1n) is 13.4. The fourth-order valence-corrected chi connectivity index (χ4v) is 5.07. The van der Waals surface area contributed by atoms with Gasteiger partial charge >= 0.3 is 0 Å². The van der Waals surface area contributed by atoms with Gasteiger partial charge in [0, 0.05) is 19.0 Å². The van der Waals surface area contributed by atoms with Crippen LogP contribution in [0.3, 0.4) is 0 Å². The summed E-state index contributed by atoms with van der Waals surface area (Å²) in [6, 6.07) is 22.8. The number of amides is 2. The van der Waals surface area contributed by atoms with E-state index in [1.807, 2.05) is 86.6 Å². The van der Waals surface area contributed by atoms with Crippen LogP contribution in [-0.2, 0) is 22.6 Å². The SMILES string of the molecule is COc1cccc(CN(C(=O)COc2ccc(C)cc2C)[C@@H](Cc2ccccc2)C(=O)NC2CCCC2)c1. The number of rotatable bonds is 11. The molecule has 1 aliphatic rings. The molecule has 1 aliphatic carbocycles. The highest BCUT2D eigenvalue weighted by Gasteiger charge is 2.32. The van der Waals surface area contributed by atoms with Crippen molar-refractivity contribution in [2.75, 3.05) is 13.7 Å². The van der Waals surface area contributed by atoms with Crippen molar-refractivity contribution in [1.29, 1.82) is 0 Å². The lowest BCUT2D eigenvalue weighted by Crippen LogP contribution is -2.53. The van der Waals surface area contributed by atoms with Crippen LogP contribution in [0.15, 0.2) is 72.8 Å². The number of methoxy groups -OCH3 is 1. The summed E-state index contributed by atoms with van der Waals surface area (Å²) in [7, 11) is 1.62. The van der Waals surface area contributed by atoms with Gasteiger partial charge in [0.25, 0.3) is 5.91 Å². The third-order valence-corrected chi connectivity index (χ3v) is 7.14. The van der Waals surface area contributed by atoms with Gasteiger partial charge < -0.3 is 19.7 Å². The molecule has 0 spiro atoms. The summed E-state index contributed by atoms with van der Waals surface area (Å²) in [6.07, 6.45) is 4.60. The van der Waals surface area contributed by atoms with E-state index in [1.54, 1.807) is 12.0 Å². The first-order chi connectivity index (χ1) is 18.4. The van der Waals surface area contributed by atoms with Gasteiger partial charge in [0.2, 0.25) is 5.91 Å². The summed E-state index contributed by atoms with van der Waals surface area (Å²) in [6.45, 7) is 4.10. The minimum atomic E-state index is -0.681. The Morgan fingerprint density at radius 1 is 0.947 bits per heavy atom. The minimum Gasteiger partial charge on any atom is -0.497 e. The Bertz CT molecular complexity index is 1220. The third kappa shape index (κ3) is 7.37. The lowest BCUT2D eigenvalue weighted by Gasteiger charge is -2.32. The molecule has 1 saturated carbocycles. The monoisotopic (exact) mass is 514 g/mol. The van der Waals surface area contributed by atoms with Crippen molar-refractivity contribution >= 4 is 11.8 Å². The Morgan fingerprint density at radius 2 is 1.68 bits per heavy atom. The van der Waals surface area contributed by atoms with E-state index in [4.69, 9.17) is 9.47 Å². The predicted molar refractivity (Wildman–Crippen MR) is 149 cm³/mol. The summed E-state index contributed by atoms with van der Waals surface area (Å²) >= 11 is 0. The zero-order valence-corrected chi connectivity index (χ0v) is 22.6. The normalized spacial score (nSPS) is 14.1. The van der Waals surface area contributed by atoms with Gasteiger partial charge in [-0.2, -0.15) is 0 Å². The molecule has 2 amide bonds. The van der Waals surface area contributed by atoms with Gasteiger partial charge in [-0.25, -0.2) is 0 Å². The average molecular weight is 515 g/mol. The second-order valence-corrected chi connectivity index (χ2v) is 10.1. The van der Waals surface area contributed by atoms with Crippen LogP contribution >= 0.6 is 0 Å². The zero-order chi connectivity index (χ0) is 26.9. The van der Waals surface area contributed by atoms with Crippen molar-refractivity contribution in [2.24, 2.45) is 0 Å². The molecule has 200 valence electrons. The van der Waals surface area contributed by atoms with E-state index in [1.165, 1.54) is 0 Å². The van der Waals surface area contributed by atoms with Crippen molar-refractivity contribution < 1.29 is 19.1 Å².